The van der Waals surface area contributed by atoms with Gasteiger partial charge in [-0.3, -0.25) is 14.7 Å². The fraction of sp³-hybridized carbons (Fsp3) is 0.423. The fourth-order valence-corrected chi connectivity index (χ4v) is 4.82. The summed E-state index contributed by atoms with van der Waals surface area (Å²) in [6.07, 6.45) is -2.69. The van der Waals surface area contributed by atoms with Crippen LogP contribution in [0.4, 0.5) is 33.5 Å². The first-order valence-electron chi connectivity index (χ1n) is 12.5. The average molecular weight is 551 g/mol. The number of morpholine rings is 1. The van der Waals surface area contributed by atoms with Gasteiger partial charge in [0.15, 0.2) is 0 Å². The molecule has 39 heavy (non-hydrogen) atoms. The van der Waals surface area contributed by atoms with Crippen molar-refractivity contribution in [2.45, 2.75) is 25.2 Å². The number of carbonyl (C=O) groups is 1. The molecule has 0 bridgehead atoms. The highest BCUT2D eigenvalue weighted by Crippen LogP contribution is 2.29. The van der Waals surface area contributed by atoms with Gasteiger partial charge < -0.3 is 20.3 Å². The topological polar surface area (TPSA) is 82.6 Å². The van der Waals surface area contributed by atoms with Gasteiger partial charge in [-0.25, -0.2) is 13.8 Å². The molecule has 8 nitrogen and oxygen atoms in total. The maximum Gasteiger partial charge on any atom is 0.401 e. The van der Waals surface area contributed by atoms with Crippen molar-refractivity contribution in [2.75, 3.05) is 56.2 Å². The number of hydrogen-bond acceptors (Lipinski definition) is 7. The molecule has 208 valence electrons. The number of rotatable bonds is 7. The van der Waals surface area contributed by atoms with E-state index in [2.05, 4.69) is 15.6 Å². The molecule has 0 saturated carbocycles. The number of amides is 1. The summed E-state index contributed by atoms with van der Waals surface area (Å²) in [6.45, 7) is 3.31. The SMILES string of the molecule is CC(Nc1cc(F)cc(F)c1)c1cc(C(=O)NC2CN(CC(F)(F)F)C2)cc2ncc(N3CCOCC3)nc12. The largest absolute Gasteiger partial charge is 0.401 e. The summed E-state index contributed by atoms with van der Waals surface area (Å²) >= 11 is 0. The maximum absolute atomic E-state index is 13.8. The van der Waals surface area contributed by atoms with Gasteiger partial charge in [0.25, 0.3) is 5.91 Å². The number of nitrogens with one attached hydrogen (secondary N) is 2. The van der Waals surface area contributed by atoms with Crippen LogP contribution in [0.2, 0.25) is 0 Å². The second-order valence-corrected chi connectivity index (χ2v) is 9.76. The van der Waals surface area contributed by atoms with E-state index in [-0.39, 0.29) is 24.3 Å². The quantitative estimate of drug-likeness (QED) is 0.432. The molecule has 0 radical (unpaired) electrons. The van der Waals surface area contributed by atoms with Gasteiger partial charge in [-0.05, 0) is 31.2 Å². The first-order chi connectivity index (χ1) is 18.5. The Hall–Kier alpha value is -3.58. The van der Waals surface area contributed by atoms with Gasteiger partial charge in [-0.15, -0.1) is 0 Å². The number of nitrogens with zero attached hydrogens (tertiary/aromatic N) is 4. The van der Waals surface area contributed by atoms with Crippen LogP contribution >= 0.6 is 0 Å². The number of anilines is 2. The van der Waals surface area contributed by atoms with Gasteiger partial charge >= 0.3 is 6.18 Å². The van der Waals surface area contributed by atoms with E-state index in [1.54, 1.807) is 25.3 Å². The van der Waals surface area contributed by atoms with Crippen molar-refractivity contribution in [2.24, 2.45) is 0 Å². The Morgan fingerprint density at radius 1 is 1.10 bits per heavy atom. The molecule has 1 unspecified atom stereocenters. The lowest BCUT2D eigenvalue weighted by Crippen LogP contribution is -2.60. The lowest BCUT2D eigenvalue weighted by Gasteiger charge is -2.39. The van der Waals surface area contributed by atoms with Crippen LogP contribution in [0.15, 0.2) is 36.5 Å². The van der Waals surface area contributed by atoms with Gasteiger partial charge in [0.05, 0.1) is 49.1 Å². The summed E-state index contributed by atoms with van der Waals surface area (Å²) in [6, 6.07) is 5.33. The smallest absolute Gasteiger partial charge is 0.378 e. The van der Waals surface area contributed by atoms with Crippen LogP contribution in [-0.2, 0) is 4.74 Å². The number of hydrogen-bond donors (Lipinski definition) is 2. The van der Waals surface area contributed by atoms with E-state index in [9.17, 15) is 26.7 Å². The van der Waals surface area contributed by atoms with Crippen LogP contribution in [0.1, 0.15) is 28.9 Å². The third kappa shape index (κ3) is 6.53. The second-order valence-electron chi connectivity index (χ2n) is 9.76. The Labute approximate surface area is 221 Å². The third-order valence-corrected chi connectivity index (χ3v) is 6.67. The van der Waals surface area contributed by atoms with E-state index < -0.39 is 42.3 Å². The van der Waals surface area contributed by atoms with Crippen molar-refractivity contribution in [3.8, 4) is 0 Å². The molecule has 0 aliphatic carbocycles. The zero-order valence-electron chi connectivity index (χ0n) is 21.1. The Kier molecular flexibility index (Phi) is 7.54. The second kappa shape index (κ2) is 10.9. The summed E-state index contributed by atoms with van der Waals surface area (Å²) in [5, 5.41) is 5.83. The molecule has 1 atom stereocenters. The molecule has 1 aromatic heterocycles. The molecule has 2 aromatic carbocycles. The van der Waals surface area contributed by atoms with Crippen LogP contribution in [0.5, 0.6) is 0 Å². The predicted molar refractivity (Wildman–Crippen MR) is 135 cm³/mol. The zero-order valence-corrected chi connectivity index (χ0v) is 21.1. The molecule has 2 aliphatic rings. The van der Waals surface area contributed by atoms with Gasteiger partial charge in [-0.1, -0.05) is 0 Å². The van der Waals surface area contributed by atoms with E-state index >= 15 is 0 Å². The van der Waals surface area contributed by atoms with E-state index in [0.717, 1.165) is 18.2 Å². The molecule has 1 amide bonds. The Morgan fingerprint density at radius 2 is 1.79 bits per heavy atom. The number of halogens is 5. The minimum Gasteiger partial charge on any atom is -0.378 e. The number of alkyl halides is 3. The Balaban J connectivity index is 1.43. The molecule has 13 heteroatoms. The highest BCUT2D eigenvalue weighted by atomic mass is 19.4. The van der Waals surface area contributed by atoms with E-state index in [0.29, 0.717) is 48.7 Å². The van der Waals surface area contributed by atoms with Crippen LogP contribution in [0.3, 0.4) is 0 Å². The molecule has 2 N–H and O–H groups in total. The van der Waals surface area contributed by atoms with Crippen molar-refractivity contribution in [1.82, 2.24) is 20.2 Å². The monoisotopic (exact) mass is 550 g/mol. The number of benzene rings is 2. The van der Waals surface area contributed by atoms with E-state index in [1.807, 2.05) is 4.90 Å². The summed E-state index contributed by atoms with van der Waals surface area (Å²) in [5.41, 5.74) is 1.96. The molecular formula is C26H27F5N6O2. The van der Waals surface area contributed by atoms with Crippen LogP contribution < -0.4 is 15.5 Å². The first kappa shape index (κ1) is 27.0. The summed E-state index contributed by atoms with van der Waals surface area (Å²) < 4.78 is 70.8. The van der Waals surface area contributed by atoms with Gasteiger partial charge in [0, 0.05) is 49.1 Å². The molecule has 3 heterocycles. The predicted octanol–water partition coefficient (Wildman–Crippen LogP) is 3.89. The van der Waals surface area contributed by atoms with Crippen LogP contribution in [-0.4, -0.2) is 78.9 Å². The summed E-state index contributed by atoms with van der Waals surface area (Å²) in [7, 11) is 0. The number of ether oxygens (including phenoxy) is 1. The molecule has 2 aliphatic heterocycles. The molecule has 3 aromatic rings. The molecule has 0 spiro atoms. The summed E-state index contributed by atoms with van der Waals surface area (Å²) in [4.78, 5) is 25.7. The van der Waals surface area contributed by atoms with Crippen LogP contribution in [0, 0.1) is 11.6 Å². The molecular weight excluding hydrogens is 523 g/mol. The zero-order chi connectivity index (χ0) is 27.7. The number of likely N-dealkylation sites (tertiary alicyclic amines) is 1. The maximum atomic E-state index is 13.8. The Bertz CT molecular complexity index is 1340. The van der Waals surface area contributed by atoms with Crippen molar-refractivity contribution in [1.29, 1.82) is 0 Å². The molecule has 2 saturated heterocycles. The number of carbonyl (C=O) groups excluding carboxylic acids is 1. The lowest BCUT2D eigenvalue weighted by atomic mass is 10.0. The standard InChI is InChI=1S/C26H27F5N6O2/c1-15(33-19-9-17(27)8-18(28)10-19)21-6-16(25(38)34-20-12-36(13-20)14-26(29,30)31)7-22-24(21)35-23(11-32-22)37-2-4-39-5-3-37/h6-11,15,20,33H,2-5,12-14H2,1H3,(H,34,38). The van der Waals surface area contributed by atoms with E-state index in [4.69, 9.17) is 9.72 Å². The summed E-state index contributed by atoms with van der Waals surface area (Å²) in [5.74, 6) is -1.31. The number of aromatic nitrogens is 2. The third-order valence-electron chi connectivity index (χ3n) is 6.67. The fourth-order valence-electron chi connectivity index (χ4n) is 4.82. The first-order valence-corrected chi connectivity index (χ1v) is 12.5. The lowest BCUT2D eigenvalue weighted by molar-refractivity contribution is -0.155. The minimum atomic E-state index is -4.30. The normalized spacial score (nSPS) is 17.6. The van der Waals surface area contributed by atoms with Gasteiger partial charge in [0.2, 0.25) is 0 Å². The highest BCUT2D eigenvalue weighted by Gasteiger charge is 2.37. The highest BCUT2D eigenvalue weighted by molar-refractivity contribution is 5.98. The van der Waals surface area contributed by atoms with Crippen molar-refractivity contribution >= 4 is 28.4 Å². The van der Waals surface area contributed by atoms with Gasteiger partial charge in [0.1, 0.15) is 17.5 Å². The van der Waals surface area contributed by atoms with Crippen molar-refractivity contribution < 1.29 is 31.5 Å². The minimum absolute atomic E-state index is 0.0947. The number of fused-ring (bicyclic) bond motifs is 1. The molecule has 5 rings (SSSR count). The van der Waals surface area contributed by atoms with Crippen molar-refractivity contribution in [3.63, 3.8) is 0 Å². The van der Waals surface area contributed by atoms with Crippen molar-refractivity contribution in [3.05, 3.63) is 59.3 Å². The average Bonchev–Trinajstić information content (AvgIpc) is 2.85. The Morgan fingerprint density at radius 3 is 2.46 bits per heavy atom. The van der Waals surface area contributed by atoms with Gasteiger partial charge in [-0.2, -0.15) is 13.2 Å². The van der Waals surface area contributed by atoms with Crippen LogP contribution in [0.25, 0.3) is 11.0 Å². The van der Waals surface area contributed by atoms with E-state index in [1.165, 1.54) is 4.90 Å². The molecule has 2 fully saturated rings.